The van der Waals surface area contributed by atoms with Crippen LogP contribution in [0.2, 0.25) is 0 Å². The van der Waals surface area contributed by atoms with Gasteiger partial charge in [-0.25, -0.2) is 0 Å². The average Bonchev–Trinajstić information content (AvgIpc) is 3.13. The van der Waals surface area contributed by atoms with Crippen molar-refractivity contribution >= 4 is 17.2 Å². The first-order valence-corrected chi connectivity index (χ1v) is 8.31. The average molecular weight is 316 g/mol. The van der Waals surface area contributed by atoms with Crippen LogP contribution in [-0.4, -0.2) is 37.0 Å². The molecule has 3 rings (SSSR count). The van der Waals surface area contributed by atoms with Crippen molar-refractivity contribution in [1.82, 2.24) is 10.2 Å². The molecule has 0 aliphatic carbocycles. The minimum atomic E-state index is 0.0476. The predicted octanol–water partition coefficient (Wildman–Crippen LogP) is 2.30. The maximum Gasteiger partial charge on any atom is 0.234 e. The number of rotatable bonds is 6. The second kappa shape index (κ2) is 6.94. The number of carbonyl (C=O) groups is 1. The molecule has 0 spiro atoms. The fourth-order valence-electron chi connectivity index (χ4n) is 2.67. The molecule has 1 atom stereocenters. The maximum atomic E-state index is 12.0. The molecular formula is C17H20N2O2S. The lowest BCUT2D eigenvalue weighted by Crippen LogP contribution is -2.39. The lowest BCUT2D eigenvalue weighted by atomic mass is 10.1. The molecule has 0 radical (unpaired) electrons. The highest BCUT2D eigenvalue weighted by molar-refractivity contribution is 7.09. The molecule has 1 aromatic heterocycles. The molecule has 0 bridgehead atoms. The summed E-state index contributed by atoms with van der Waals surface area (Å²) in [7, 11) is 1.96. The lowest BCUT2D eigenvalue weighted by Gasteiger charge is -2.20. The molecule has 1 aliphatic heterocycles. The molecule has 2 heterocycles. The Bertz CT molecular complexity index is 602. The van der Waals surface area contributed by atoms with Crippen molar-refractivity contribution < 1.29 is 9.53 Å². The van der Waals surface area contributed by atoms with Crippen LogP contribution in [0.15, 0.2) is 41.8 Å². The summed E-state index contributed by atoms with van der Waals surface area (Å²) in [5.74, 6) is 1.02. The van der Waals surface area contributed by atoms with E-state index in [1.165, 1.54) is 10.4 Å². The Labute approximate surface area is 134 Å². The Balaban J connectivity index is 1.41. The molecule has 1 amide bonds. The van der Waals surface area contributed by atoms with Gasteiger partial charge in [0.2, 0.25) is 5.91 Å². The van der Waals surface area contributed by atoms with Crippen LogP contribution < -0.4 is 10.1 Å². The Morgan fingerprint density at radius 1 is 1.36 bits per heavy atom. The van der Waals surface area contributed by atoms with Crippen LogP contribution in [0.1, 0.15) is 10.4 Å². The van der Waals surface area contributed by atoms with Gasteiger partial charge < -0.3 is 10.1 Å². The van der Waals surface area contributed by atoms with E-state index in [0.717, 1.165) is 18.7 Å². The monoisotopic (exact) mass is 316 g/mol. The molecule has 0 fully saturated rings. The van der Waals surface area contributed by atoms with Crippen molar-refractivity contribution in [1.29, 1.82) is 0 Å². The quantitative estimate of drug-likeness (QED) is 0.889. The third-order valence-electron chi connectivity index (χ3n) is 3.68. The minimum absolute atomic E-state index is 0.0476. The molecule has 22 heavy (non-hydrogen) atoms. The molecule has 5 heteroatoms. The van der Waals surface area contributed by atoms with Crippen molar-refractivity contribution in [2.45, 2.75) is 19.1 Å². The molecule has 1 aliphatic rings. The molecule has 0 unspecified atom stereocenters. The van der Waals surface area contributed by atoms with Gasteiger partial charge in [-0.15, -0.1) is 11.3 Å². The molecule has 1 aromatic carbocycles. The van der Waals surface area contributed by atoms with Crippen LogP contribution in [-0.2, 0) is 17.8 Å². The number of amides is 1. The van der Waals surface area contributed by atoms with E-state index in [1.807, 2.05) is 47.7 Å². The number of likely N-dealkylation sites (N-methyl/N-ethyl adjacent to an activating group) is 1. The van der Waals surface area contributed by atoms with Gasteiger partial charge in [0.05, 0.1) is 13.1 Å². The Hall–Kier alpha value is -1.85. The Kier molecular flexibility index (Phi) is 4.75. The highest BCUT2D eigenvalue weighted by Gasteiger charge is 2.23. The largest absolute Gasteiger partial charge is 0.488 e. The summed E-state index contributed by atoms with van der Waals surface area (Å²) in [4.78, 5) is 15.1. The fraction of sp³-hybridized carbons (Fsp3) is 0.353. The van der Waals surface area contributed by atoms with Crippen molar-refractivity contribution in [3.8, 4) is 5.75 Å². The number of hydrogen-bond donors (Lipinski definition) is 1. The zero-order chi connectivity index (χ0) is 15.4. The van der Waals surface area contributed by atoms with Gasteiger partial charge in [-0.3, -0.25) is 9.69 Å². The summed E-state index contributed by atoms with van der Waals surface area (Å²) >= 11 is 1.65. The van der Waals surface area contributed by atoms with Crippen LogP contribution in [0.3, 0.4) is 0 Å². The molecule has 0 saturated carbocycles. The van der Waals surface area contributed by atoms with Crippen LogP contribution >= 0.6 is 11.3 Å². The van der Waals surface area contributed by atoms with Crippen molar-refractivity contribution in [3.63, 3.8) is 0 Å². The van der Waals surface area contributed by atoms with Crippen molar-refractivity contribution in [3.05, 3.63) is 52.2 Å². The highest BCUT2D eigenvalue weighted by Crippen LogP contribution is 2.28. The SMILES string of the molecule is CN(CC(=O)NCc1cccs1)C[C@@H]1Cc2ccccc2O1. The highest BCUT2D eigenvalue weighted by atomic mass is 32.1. The predicted molar refractivity (Wildman–Crippen MR) is 88.2 cm³/mol. The molecular weight excluding hydrogens is 296 g/mol. The molecule has 2 aromatic rings. The van der Waals surface area contributed by atoms with Gasteiger partial charge in [-0.1, -0.05) is 24.3 Å². The molecule has 1 N–H and O–H groups in total. The van der Waals surface area contributed by atoms with E-state index in [9.17, 15) is 4.79 Å². The Morgan fingerprint density at radius 3 is 3.00 bits per heavy atom. The van der Waals surface area contributed by atoms with Gasteiger partial charge in [-0.05, 0) is 30.1 Å². The number of thiophene rings is 1. The van der Waals surface area contributed by atoms with Crippen molar-refractivity contribution in [2.24, 2.45) is 0 Å². The summed E-state index contributed by atoms with van der Waals surface area (Å²) in [5.41, 5.74) is 1.25. The van der Waals surface area contributed by atoms with E-state index >= 15 is 0 Å². The van der Waals surface area contributed by atoms with Gasteiger partial charge in [0, 0.05) is 17.8 Å². The minimum Gasteiger partial charge on any atom is -0.488 e. The van der Waals surface area contributed by atoms with E-state index in [2.05, 4.69) is 11.4 Å². The first kappa shape index (κ1) is 15.1. The third-order valence-corrected chi connectivity index (χ3v) is 4.56. The number of para-hydroxylation sites is 1. The van der Waals surface area contributed by atoms with Crippen molar-refractivity contribution in [2.75, 3.05) is 20.1 Å². The maximum absolute atomic E-state index is 12.0. The summed E-state index contributed by atoms with van der Waals surface area (Å²) in [6.45, 7) is 1.75. The summed E-state index contributed by atoms with van der Waals surface area (Å²) < 4.78 is 5.91. The summed E-state index contributed by atoms with van der Waals surface area (Å²) in [5, 5.41) is 4.96. The normalized spacial score (nSPS) is 16.4. The number of carbonyl (C=O) groups excluding carboxylic acids is 1. The second-order valence-electron chi connectivity index (χ2n) is 5.60. The molecule has 4 nitrogen and oxygen atoms in total. The molecule has 0 saturated heterocycles. The van der Waals surface area contributed by atoms with E-state index in [-0.39, 0.29) is 12.0 Å². The summed E-state index contributed by atoms with van der Waals surface area (Å²) in [6.07, 6.45) is 1.05. The number of fused-ring (bicyclic) bond motifs is 1. The third kappa shape index (κ3) is 3.87. The first-order chi connectivity index (χ1) is 10.7. The molecule has 116 valence electrons. The number of hydrogen-bond acceptors (Lipinski definition) is 4. The van der Waals surface area contributed by atoms with Gasteiger partial charge in [0.1, 0.15) is 11.9 Å². The first-order valence-electron chi connectivity index (χ1n) is 7.43. The smallest absolute Gasteiger partial charge is 0.234 e. The zero-order valence-electron chi connectivity index (χ0n) is 12.6. The number of ether oxygens (including phenoxy) is 1. The topological polar surface area (TPSA) is 41.6 Å². The van der Waals surface area contributed by atoms with Crippen LogP contribution in [0, 0.1) is 0 Å². The number of nitrogens with one attached hydrogen (secondary N) is 1. The fourth-order valence-corrected chi connectivity index (χ4v) is 3.31. The second-order valence-corrected chi connectivity index (χ2v) is 6.64. The van der Waals surface area contributed by atoms with Crippen LogP contribution in [0.5, 0.6) is 5.75 Å². The van der Waals surface area contributed by atoms with E-state index in [4.69, 9.17) is 4.74 Å². The van der Waals surface area contributed by atoms with Crippen LogP contribution in [0.4, 0.5) is 0 Å². The van der Waals surface area contributed by atoms with Gasteiger partial charge in [0.15, 0.2) is 0 Å². The van der Waals surface area contributed by atoms with Gasteiger partial charge in [-0.2, -0.15) is 0 Å². The lowest BCUT2D eigenvalue weighted by molar-refractivity contribution is -0.122. The van der Waals surface area contributed by atoms with E-state index in [0.29, 0.717) is 13.1 Å². The summed E-state index contributed by atoms with van der Waals surface area (Å²) in [6, 6.07) is 12.1. The number of nitrogens with zero attached hydrogens (tertiary/aromatic N) is 1. The van der Waals surface area contributed by atoms with Crippen LogP contribution in [0.25, 0.3) is 0 Å². The Morgan fingerprint density at radius 2 is 2.23 bits per heavy atom. The van der Waals surface area contributed by atoms with Gasteiger partial charge >= 0.3 is 0 Å². The van der Waals surface area contributed by atoms with Gasteiger partial charge in [0.25, 0.3) is 0 Å². The number of benzene rings is 1. The zero-order valence-corrected chi connectivity index (χ0v) is 13.4. The van der Waals surface area contributed by atoms with E-state index < -0.39 is 0 Å². The van der Waals surface area contributed by atoms with E-state index in [1.54, 1.807) is 11.3 Å². The standard InChI is InChI=1S/C17H20N2O2S/c1-19(12-17(20)18-10-15-6-4-8-22-15)11-14-9-13-5-2-3-7-16(13)21-14/h2-8,14H,9-12H2,1H3,(H,18,20)/t14-/m0/s1.